The van der Waals surface area contributed by atoms with E-state index in [-0.39, 0.29) is 11.5 Å². The van der Waals surface area contributed by atoms with Gasteiger partial charge in [0.1, 0.15) is 5.52 Å². The molecule has 0 aromatic heterocycles. The van der Waals surface area contributed by atoms with Crippen molar-refractivity contribution in [3.8, 4) is 0 Å². The highest BCUT2D eigenvalue weighted by atomic mass is 79.9. The van der Waals surface area contributed by atoms with Crippen molar-refractivity contribution in [2.45, 2.75) is 0 Å². The molecule has 0 aliphatic carbocycles. The van der Waals surface area contributed by atoms with E-state index in [1.54, 1.807) is 6.08 Å². The van der Waals surface area contributed by atoms with E-state index in [0.717, 1.165) is 5.56 Å². The lowest BCUT2D eigenvalue weighted by Gasteiger charge is -1.93. The third-order valence-electron chi connectivity index (χ3n) is 1.41. The number of benzene rings is 1. The fraction of sp³-hybridized carbons (Fsp3) is 0.100. The Hall–Kier alpha value is -1.09. The van der Waals surface area contributed by atoms with Crippen molar-refractivity contribution >= 4 is 28.0 Å². The van der Waals surface area contributed by atoms with Gasteiger partial charge in [0, 0.05) is 6.08 Å². The number of esters is 1. The fourth-order valence-electron chi connectivity index (χ4n) is 0.830. The first-order valence-corrected chi connectivity index (χ1v) is 4.91. The summed E-state index contributed by atoms with van der Waals surface area (Å²) in [7, 11) is 0. The fourth-order valence-corrected chi connectivity index (χ4v) is 1.06. The average molecular weight is 241 g/mol. The summed E-state index contributed by atoms with van der Waals surface area (Å²) in [6, 6.07) is 9.58. The summed E-state index contributed by atoms with van der Waals surface area (Å²) in [5.74, 6) is -0.347. The number of alkyl halides is 1. The summed E-state index contributed by atoms with van der Waals surface area (Å²) >= 11 is 3.00. The van der Waals surface area contributed by atoms with Gasteiger partial charge in [0.25, 0.3) is 0 Å². The Labute approximate surface area is 85.3 Å². The van der Waals surface area contributed by atoms with Gasteiger partial charge in [-0.2, -0.15) is 0 Å². The van der Waals surface area contributed by atoms with Crippen molar-refractivity contribution in [1.82, 2.24) is 0 Å². The normalized spacial score (nSPS) is 10.2. The molecule has 0 saturated heterocycles. The SMILES string of the molecule is O=C(/C=C/c1ccccc1)OCBr. The highest BCUT2D eigenvalue weighted by Gasteiger charge is 1.92. The number of rotatable bonds is 3. The lowest BCUT2D eigenvalue weighted by atomic mass is 10.2. The minimum absolute atomic E-state index is 0.227. The van der Waals surface area contributed by atoms with Crippen LogP contribution in [-0.2, 0) is 9.53 Å². The van der Waals surface area contributed by atoms with E-state index in [2.05, 4.69) is 20.7 Å². The van der Waals surface area contributed by atoms with Gasteiger partial charge < -0.3 is 4.74 Å². The molecule has 0 aliphatic rings. The maximum absolute atomic E-state index is 10.9. The molecule has 1 aromatic rings. The van der Waals surface area contributed by atoms with E-state index in [9.17, 15) is 4.79 Å². The number of carbonyl (C=O) groups excluding carboxylic acids is 1. The molecule has 0 spiro atoms. The Kier molecular flexibility index (Phi) is 4.26. The van der Waals surface area contributed by atoms with Crippen molar-refractivity contribution in [3.05, 3.63) is 42.0 Å². The van der Waals surface area contributed by atoms with Gasteiger partial charge in [0.2, 0.25) is 0 Å². The van der Waals surface area contributed by atoms with Gasteiger partial charge in [-0.15, -0.1) is 0 Å². The molecule has 0 saturated carbocycles. The third kappa shape index (κ3) is 3.90. The largest absolute Gasteiger partial charge is 0.451 e. The lowest BCUT2D eigenvalue weighted by Crippen LogP contribution is -1.96. The summed E-state index contributed by atoms with van der Waals surface area (Å²) in [6.07, 6.45) is 3.11. The van der Waals surface area contributed by atoms with Crippen LogP contribution in [0, 0.1) is 0 Å². The van der Waals surface area contributed by atoms with Crippen LogP contribution in [0.3, 0.4) is 0 Å². The van der Waals surface area contributed by atoms with Gasteiger partial charge in [-0.3, -0.25) is 0 Å². The van der Waals surface area contributed by atoms with Crippen LogP contribution >= 0.6 is 15.9 Å². The summed E-state index contributed by atoms with van der Waals surface area (Å²) in [5, 5.41) is 0. The van der Waals surface area contributed by atoms with Gasteiger partial charge in [-0.25, -0.2) is 4.79 Å². The minimum atomic E-state index is -0.347. The first kappa shape index (κ1) is 9.99. The Balaban J connectivity index is 2.54. The van der Waals surface area contributed by atoms with Crippen molar-refractivity contribution in [1.29, 1.82) is 0 Å². The molecule has 0 unspecified atom stereocenters. The molecule has 0 radical (unpaired) electrons. The Bertz CT molecular complexity index is 293. The molecule has 0 amide bonds. The monoisotopic (exact) mass is 240 g/mol. The Morgan fingerprint density at radius 1 is 1.38 bits per heavy atom. The van der Waals surface area contributed by atoms with E-state index in [1.807, 2.05) is 30.3 Å². The highest BCUT2D eigenvalue weighted by Crippen LogP contribution is 2.01. The second-order valence-corrected chi connectivity index (χ2v) is 2.77. The van der Waals surface area contributed by atoms with Gasteiger partial charge in [0.15, 0.2) is 0 Å². The number of hydrogen-bond donors (Lipinski definition) is 0. The van der Waals surface area contributed by atoms with E-state index in [4.69, 9.17) is 0 Å². The predicted octanol–water partition coefficient (Wildman–Crippen LogP) is 2.60. The second-order valence-electron chi connectivity index (χ2n) is 2.32. The number of halogens is 1. The summed E-state index contributed by atoms with van der Waals surface area (Å²) in [6.45, 7) is 0. The quantitative estimate of drug-likeness (QED) is 0.462. The molecule has 13 heavy (non-hydrogen) atoms. The highest BCUT2D eigenvalue weighted by molar-refractivity contribution is 9.09. The van der Waals surface area contributed by atoms with Gasteiger partial charge >= 0.3 is 5.97 Å². The first-order valence-electron chi connectivity index (χ1n) is 3.79. The molecule has 3 heteroatoms. The zero-order valence-corrected chi connectivity index (χ0v) is 8.53. The molecule has 0 atom stereocenters. The number of ether oxygens (including phenoxy) is 1. The van der Waals surface area contributed by atoms with Crippen molar-refractivity contribution in [2.24, 2.45) is 0 Å². The van der Waals surface area contributed by atoms with Crippen LogP contribution in [-0.4, -0.2) is 11.5 Å². The predicted molar refractivity (Wildman–Crippen MR) is 55.4 cm³/mol. The molecule has 1 rings (SSSR count). The molecule has 68 valence electrons. The average Bonchev–Trinajstić information content (AvgIpc) is 2.17. The van der Waals surface area contributed by atoms with Crippen molar-refractivity contribution in [2.75, 3.05) is 5.52 Å². The van der Waals surface area contributed by atoms with E-state index in [1.165, 1.54) is 6.08 Å². The Morgan fingerprint density at radius 2 is 2.08 bits per heavy atom. The number of hydrogen-bond acceptors (Lipinski definition) is 2. The van der Waals surface area contributed by atoms with Crippen LogP contribution in [0.15, 0.2) is 36.4 Å². The summed E-state index contributed by atoms with van der Waals surface area (Å²) in [5.41, 5.74) is 1.21. The minimum Gasteiger partial charge on any atom is -0.451 e. The van der Waals surface area contributed by atoms with Crippen LogP contribution < -0.4 is 0 Å². The molecule has 2 nitrogen and oxygen atoms in total. The molecule has 1 aromatic carbocycles. The topological polar surface area (TPSA) is 26.3 Å². The third-order valence-corrected chi connectivity index (χ3v) is 1.64. The maximum atomic E-state index is 10.9. The Morgan fingerprint density at radius 3 is 2.69 bits per heavy atom. The standard InChI is InChI=1S/C10H9BrO2/c11-8-13-10(12)7-6-9-4-2-1-3-5-9/h1-7H,8H2/b7-6+. The van der Waals surface area contributed by atoms with E-state index in [0.29, 0.717) is 0 Å². The molecule has 0 aliphatic heterocycles. The first-order chi connectivity index (χ1) is 6.33. The van der Waals surface area contributed by atoms with Crippen LogP contribution in [0.25, 0.3) is 6.08 Å². The van der Waals surface area contributed by atoms with Crippen molar-refractivity contribution in [3.63, 3.8) is 0 Å². The zero-order valence-electron chi connectivity index (χ0n) is 6.94. The van der Waals surface area contributed by atoms with Crippen LogP contribution in [0.4, 0.5) is 0 Å². The lowest BCUT2D eigenvalue weighted by molar-refractivity contribution is -0.135. The summed E-state index contributed by atoms with van der Waals surface area (Å²) in [4.78, 5) is 10.9. The zero-order chi connectivity index (χ0) is 9.52. The van der Waals surface area contributed by atoms with Gasteiger partial charge in [-0.05, 0) is 27.6 Å². The van der Waals surface area contributed by atoms with Crippen LogP contribution in [0.2, 0.25) is 0 Å². The second kappa shape index (κ2) is 5.54. The molecule has 0 fully saturated rings. The molecular weight excluding hydrogens is 232 g/mol. The molecule has 0 N–H and O–H groups in total. The molecule has 0 heterocycles. The van der Waals surface area contributed by atoms with Gasteiger partial charge in [0.05, 0.1) is 0 Å². The van der Waals surface area contributed by atoms with Crippen LogP contribution in [0.5, 0.6) is 0 Å². The van der Waals surface area contributed by atoms with E-state index < -0.39 is 0 Å². The maximum Gasteiger partial charge on any atom is 0.331 e. The smallest absolute Gasteiger partial charge is 0.331 e. The van der Waals surface area contributed by atoms with Crippen molar-refractivity contribution < 1.29 is 9.53 Å². The summed E-state index contributed by atoms with van der Waals surface area (Å²) < 4.78 is 4.65. The number of carbonyl (C=O) groups is 1. The van der Waals surface area contributed by atoms with Crippen LogP contribution in [0.1, 0.15) is 5.56 Å². The van der Waals surface area contributed by atoms with Gasteiger partial charge in [-0.1, -0.05) is 30.3 Å². The van der Waals surface area contributed by atoms with E-state index >= 15 is 0 Å². The molecular formula is C10H9BrO2. The molecule has 0 bridgehead atoms.